The molecule has 0 aromatic carbocycles. The molecule has 12 heavy (non-hydrogen) atoms. The van der Waals surface area contributed by atoms with E-state index in [0.29, 0.717) is 0 Å². The van der Waals surface area contributed by atoms with Crippen molar-refractivity contribution in [3.63, 3.8) is 0 Å². The number of aromatic nitrogens is 1. The van der Waals surface area contributed by atoms with Crippen LogP contribution in [0.3, 0.4) is 0 Å². The topological polar surface area (TPSA) is 33.1 Å². The third kappa shape index (κ3) is 1.55. The molecule has 0 saturated carbocycles. The van der Waals surface area contributed by atoms with Gasteiger partial charge in [0.2, 0.25) is 0 Å². The fraction of sp³-hybridized carbons (Fsp3) is 0.571. The maximum Gasteiger partial charge on any atom is 0.127 e. The second kappa shape index (κ2) is 3.29. The molecule has 2 nitrogen and oxygen atoms in total. The van der Waals surface area contributed by atoms with E-state index in [1.165, 1.54) is 11.3 Å². The van der Waals surface area contributed by atoms with Gasteiger partial charge in [0.15, 0.2) is 0 Å². The largest absolute Gasteiger partial charge is 0.382 e. The van der Waals surface area contributed by atoms with Crippen LogP contribution in [0.2, 0.25) is 0 Å². The fourth-order valence-electron chi connectivity index (χ4n) is 1.19. The summed E-state index contributed by atoms with van der Waals surface area (Å²) in [5.74, 6) is 1.82. The smallest absolute Gasteiger partial charge is 0.127 e. The number of thiazole rings is 1. The highest BCUT2D eigenvalue weighted by Crippen LogP contribution is 2.38. The second-order valence-corrected chi connectivity index (χ2v) is 5.59. The molecule has 1 aliphatic heterocycles. The zero-order valence-electron chi connectivity index (χ0n) is 6.29. The van der Waals surface area contributed by atoms with Gasteiger partial charge in [-0.3, -0.25) is 0 Å². The molecule has 1 aromatic heterocycles. The summed E-state index contributed by atoms with van der Waals surface area (Å²) < 4.78 is 0.827. The lowest BCUT2D eigenvalue weighted by atomic mass is 10.1. The summed E-state index contributed by atoms with van der Waals surface area (Å²) in [5.41, 5.74) is -0.651. The molecule has 0 aliphatic carbocycles. The van der Waals surface area contributed by atoms with Gasteiger partial charge in [0.25, 0.3) is 0 Å². The van der Waals surface area contributed by atoms with E-state index in [0.717, 1.165) is 27.5 Å². The number of halogens is 1. The molecule has 66 valence electrons. The minimum absolute atomic E-state index is 0.651. The summed E-state index contributed by atoms with van der Waals surface area (Å²) in [4.78, 5) is 4.24. The monoisotopic (exact) mass is 265 g/mol. The molecule has 0 radical (unpaired) electrons. The van der Waals surface area contributed by atoms with E-state index in [-0.39, 0.29) is 0 Å². The Morgan fingerprint density at radius 2 is 2.50 bits per heavy atom. The van der Waals surface area contributed by atoms with Crippen LogP contribution in [0, 0.1) is 0 Å². The Bertz CT molecular complexity index is 283. The van der Waals surface area contributed by atoms with Gasteiger partial charge in [-0.2, -0.15) is 11.8 Å². The van der Waals surface area contributed by atoms with Crippen LogP contribution >= 0.6 is 39.0 Å². The fourth-order valence-corrected chi connectivity index (χ4v) is 3.91. The molecule has 0 amide bonds. The zero-order valence-corrected chi connectivity index (χ0v) is 9.51. The Balaban J connectivity index is 2.28. The van der Waals surface area contributed by atoms with Gasteiger partial charge in [-0.15, -0.1) is 11.3 Å². The van der Waals surface area contributed by atoms with Gasteiger partial charge >= 0.3 is 0 Å². The second-order valence-electron chi connectivity index (χ2n) is 2.81. The molecule has 5 heteroatoms. The van der Waals surface area contributed by atoms with Gasteiger partial charge in [-0.05, 0) is 28.1 Å². The third-order valence-electron chi connectivity index (χ3n) is 1.88. The summed E-state index contributed by atoms with van der Waals surface area (Å²) in [6, 6.07) is 0. The predicted octanol–water partition coefficient (Wildman–Crippen LogP) is 2.23. The Labute approximate surface area is 87.5 Å². The van der Waals surface area contributed by atoms with Gasteiger partial charge in [0, 0.05) is 11.1 Å². The maximum atomic E-state index is 10.1. The summed E-state index contributed by atoms with van der Waals surface area (Å²) in [5, 5.41) is 12.8. The SMILES string of the molecule is OC1(c2nc(Br)cs2)CCSC1. The Hall–Kier alpha value is 0.420. The Morgan fingerprint density at radius 3 is 3.00 bits per heavy atom. The molecule has 0 bridgehead atoms. The first-order valence-corrected chi connectivity index (χ1v) is 6.45. The van der Waals surface area contributed by atoms with Crippen molar-refractivity contribution in [3.8, 4) is 0 Å². The van der Waals surface area contributed by atoms with E-state index in [1.807, 2.05) is 5.38 Å². The lowest BCUT2D eigenvalue weighted by Gasteiger charge is -2.17. The van der Waals surface area contributed by atoms with Crippen LogP contribution in [-0.2, 0) is 5.60 Å². The standard InChI is InChI=1S/C7H8BrNOS2/c8-5-3-12-6(9-5)7(10)1-2-11-4-7/h3,10H,1-2,4H2. The average molecular weight is 266 g/mol. The minimum atomic E-state index is -0.651. The Morgan fingerprint density at radius 1 is 1.67 bits per heavy atom. The van der Waals surface area contributed by atoms with E-state index in [1.54, 1.807) is 11.8 Å². The maximum absolute atomic E-state index is 10.1. The number of nitrogens with zero attached hydrogens (tertiary/aromatic N) is 1. The predicted molar refractivity (Wildman–Crippen MR) is 55.7 cm³/mol. The zero-order chi connectivity index (χ0) is 8.60. The lowest BCUT2D eigenvalue weighted by molar-refractivity contribution is 0.0653. The average Bonchev–Trinajstić information content (AvgIpc) is 2.59. The normalized spacial score (nSPS) is 29.5. The molecule has 1 aromatic rings. The number of aliphatic hydroxyl groups is 1. The van der Waals surface area contributed by atoms with Crippen molar-refractivity contribution in [3.05, 3.63) is 15.0 Å². The first-order chi connectivity index (χ1) is 5.71. The lowest BCUT2D eigenvalue weighted by Crippen LogP contribution is -2.24. The van der Waals surface area contributed by atoms with Crippen molar-refractivity contribution in [2.75, 3.05) is 11.5 Å². The molecular weight excluding hydrogens is 258 g/mol. The molecule has 1 saturated heterocycles. The highest BCUT2D eigenvalue weighted by molar-refractivity contribution is 9.10. The van der Waals surface area contributed by atoms with Crippen molar-refractivity contribution in [2.45, 2.75) is 12.0 Å². The van der Waals surface area contributed by atoms with Gasteiger partial charge in [0.05, 0.1) is 0 Å². The van der Waals surface area contributed by atoms with Gasteiger partial charge < -0.3 is 5.11 Å². The van der Waals surface area contributed by atoms with Gasteiger partial charge in [-0.1, -0.05) is 0 Å². The summed E-state index contributed by atoms with van der Waals surface area (Å²) in [6.45, 7) is 0. The number of hydrogen-bond acceptors (Lipinski definition) is 4. The molecule has 1 unspecified atom stereocenters. The van der Waals surface area contributed by atoms with Crippen LogP contribution in [0.15, 0.2) is 9.98 Å². The van der Waals surface area contributed by atoms with Crippen LogP contribution < -0.4 is 0 Å². The highest BCUT2D eigenvalue weighted by atomic mass is 79.9. The molecule has 0 spiro atoms. The molecule has 1 atom stereocenters. The molecule has 2 rings (SSSR count). The first kappa shape index (κ1) is 8.99. The molecular formula is C7H8BrNOS2. The first-order valence-electron chi connectivity index (χ1n) is 3.62. The molecule has 1 aliphatic rings. The van der Waals surface area contributed by atoms with Crippen molar-refractivity contribution < 1.29 is 5.11 Å². The van der Waals surface area contributed by atoms with E-state index >= 15 is 0 Å². The van der Waals surface area contributed by atoms with Crippen molar-refractivity contribution >= 4 is 39.0 Å². The highest BCUT2D eigenvalue weighted by Gasteiger charge is 2.36. The summed E-state index contributed by atoms with van der Waals surface area (Å²) >= 11 is 6.60. The quantitative estimate of drug-likeness (QED) is 0.846. The van der Waals surface area contributed by atoms with Crippen molar-refractivity contribution in [1.29, 1.82) is 0 Å². The van der Waals surface area contributed by atoms with Crippen LogP contribution in [0.25, 0.3) is 0 Å². The minimum Gasteiger partial charge on any atom is -0.382 e. The number of hydrogen-bond donors (Lipinski definition) is 1. The van der Waals surface area contributed by atoms with E-state index in [4.69, 9.17) is 0 Å². The summed E-state index contributed by atoms with van der Waals surface area (Å²) in [6.07, 6.45) is 0.831. The van der Waals surface area contributed by atoms with Gasteiger partial charge in [0.1, 0.15) is 15.2 Å². The van der Waals surface area contributed by atoms with E-state index < -0.39 is 5.60 Å². The van der Waals surface area contributed by atoms with Gasteiger partial charge in [-0.25, -0.2) is 4.98 Å². The number of rotatable bonds is 1. The molecule has 2 heterocycles. The molecule has 1 fully saturated rings. The van der Waals surface area contributed by atoms with E-state index in [9.17, 15) is 5.11 Å². The van der Waals surface area contributed by atoms with Crippen molar-refractivity contribution in [1.82, 2.24) is 4.98 Å². The van der Waals surface area contributed by atoms with Crippen LogP contribution in [0.5, 0.6) is 0 Å². The number of thioether (sulfide) groups is 1. The van der Waals surface area contributed by atoms with Crippen LogP contribution in [0.1, 0.15) is 11.4 Å². The van der Waals surface area contributed by atoms with Crippen LogP contribution in [0.4, 0.5) is 0 Å². The summed E-state index contributed by atoms with van der Waals surface area (Å²) in [7, 11) is 0. The van der Waals surface area contributed by atoms with Crippen LogP contribution in [-0.4, -0.2) is 21.6 Å². The van der Waals surface area contributed by atoms with E-state index in [2.05, 4.69) is 20.9 Å². The van der Waals surface area contributed by atoms with Crippen molar-refractivity contribution in [2.24, 2.45) is 0 Å². The third-order valence-corrected chi connectivity index (χ3v) is 4.79. The Kier molecular flexibility index (Phi) is 2.46. The molecule has 1 N–H and O–H groups in total.